The molecule has 6 heteroatoms. The number of methoxy groups -OCH3 is 2. The standard InChI is InChI=1S/2C19H38.C7H15NO3.C4H10O.CH2O/c2*1-3-5-7-9-11-13-15-17-19-18-16-14-12-10-8-6-4-2;1-8(2)4-7(5-10-3)11-6-9;1-3-4-5-2;1-2/h2*17,19H,3-16,18H2,1-2H3;6-7H,4-5H2,1-3H3;3-4H2,1-2H3;1H2/b2*19-17-;;;. The van der Waals surface area contributed by atoms with Crippen LogP contribution >= 0.6 is 0 Å². The van der Waals surface area contributed by atoms with Gasteiger partial charge in [-0.15, -0.1) is 0 Å². The van der Waals surface area contributed by atoms with Crippen molar-refractivity contribution in [1.82, 2.24) is 4.90 Å². The smallest absolute Gasteiger partial charge is 0.293 e. The predicted octanol–water partition coefficient (Wildman–Crippen LogP) is 15.5. The highest BCUT2D eigenvalue weighted by Crippen LogP contribution is 2.12. The van der Waals surface area contributed by atoms with Crippen LogP contribution in [0.3, 0.4) is 0 Å². The van der Waals surface area contributed by atoms with Crippen molar-refractivity contribution in [1.29, 1.82) is 0 Å². The van der Waals surface area contributed by atoms with E-state index in [-0.39, 0.29) is 6.10 Å². The summed E-state index contributed by atoms with van der Waals surface area (Å²) in [5, 5.41) is 0. The van der Waals surface area contributed by atoms with Crippen molar-refractivity contribution in [2.24, 2.45) is 0 Å². The van der Waals surface area contributed by atoms with Crippen molar-refractivity contribution >= 4 is 13.3 Å². The lowest BCUT2D eigenvalue weighted by atomic mass is 10.1. The Kier molecular flexibility index (Phi) is 77.5. The molecule has 0 aromatic rings. The van der Waals surface area contributed by atoms with E-state index in [0.717, 1.165) is 13.0 Å². The van der Waals surface area contributed by atoms with Crippen LogP contribution in [0.2, 0.25) is 0 Å². The summed E-state index contributed by atoms with van der Waals surface area (Å²) in [7, 11) is 7.12. The van der Waals surface area contributed by atoms with Crippen LogP contribution in [-0.2, 0) is 23.8 Å². The third-order valence-electron chi connectivity index (χ3n) is 9.31. The molecule has 0 aromatic heterocycles. The Morgan fingerprint density at radius 3 is 0.929 bits per heavy atom. The fourth-order valence-electron chi connectivity index (χ4n) is 6.01. The van der Waals surface area contributed by atoms with Crippen LogP contribution in [0.5, 0.6) is 0 Å². The van der Waals surface area contributed by atoms with E-state index in [1.807, 2.05) is 25.8 Å². The summed E-state index contributed by atoms with van der Waals surface area (Å²) in [5.74, 6) is 0. The van der Waals surface area contributed by atoms with E-state index in [1.165, 1.54) is 193 Å². The maximum atomic E-state index is 9.98. The van der Waals surface area contributed by atoms with E-state index in [4.69, 9.17) is 19.0 Å². The number of hydrogen-bond donors (Lipinski definition) is 0. The largest absolute Gasteiger partial charge is 0.461 e. The zero-order chi connectivity index (χ0) is 42.9. The molecule has 0 aliphatic carbocycles. The van der Waals surface area contributed by atoms with Crippen molar-refractivity contribution < 1.29 is 23.8 Å². The molecule has 56 heavy (non-hydrogen) atoms. The van der Waals surface area contributed by atoms with Gasteiger partial charge in [0.2, 0.25) is 0 Å². The van der Waals surface area contributed by atoms with Crippen LogP contribution in [-0.4, -0.2) is 72.3 Å². The number of nitrogens with zero attached hydrogens (tertiary/aromatic N) is 1. The van der Waals surface area contributed by atoms with Gasteiger partial charge in [-0.05, 0) is 71.9 Å². The second-order valence-corrected chi connectivity index (χ2v) is 15.4. The second kappa shape index (κ2) is 68.2. The van der Waals surface area contributed by atoms with Crippen molar-refractivity contribution in [3.8, 4) is 0 Å². The lowest BCUT2D eigenvalue weighted by Crippen LogP contribution is -2.31. The second-order valence-electron chi connectivity index (χ2n) is 15.4. The van der Waals surface area contributed by atoms with E-state index in [2.05, 4.69) is 58.9 Å². The SMILES string of the molecule is C=O.CCCCCCCC/C=C\CCCCCCCCC.CCCCCCCC/C=C\CCCCCCCCC.CCCOC.COCC(CN(C)C)OC=O. The minimum absolute atomic E-state index is 0.160. The minimum atomic E-state index is -0.160. The molecule has 0 saturated heterocycles. The number of hydrogen-bond acceptors (Lipinski definition) is 6. The quantitative estimate of drug-likeness (QED) is 0.0352. The highest BCUT2D eigenvalue weighted by molar-refractivity contribution is 5.37. The molecule has 0 heterocycles. The number of rotatable bonds is 38. The van der Waals surface area contributed by atoms with Gasteiger partial charge in [-0.2, -0.15) is 0 Å². The van der Waals surface area contributed by atoms with Gasteiger partial charge in [0.1, 0.15) is 12.9 Å². The first-order valence-corrected chi connectivity index (χ1v) is 23.8. The molecular formula is C50H103NO5. The highest BCUT2D eigenvalue weighted by Gasteiger charge is 2.09. The molecule has 0 N–H and O–H groups in total. The molecule has 0 radical (unpaired) electrons. The monoisotopic (exact) mass is 798 g/mol. The molecule has 1 atom stereocenters. The summed E-state index contributed by atoms with van der Waals surface area (Å²) in [6.07, 6.45) is 52.8. The van der Waals surface area contributed by atoms with Gasteiger partial charge in [0.25, 0.3) is 6.47 Å². The normalized spacial score (nSPS) is 11.2. The van der Waals surface area contributed by atoms with E-state index < -0.39 is 0 Å². The zero-order valence-electron chi connectivity index (χ0n) is 39.7. The molecule has 0 bridgehead atoms. The summed E-state index contributed by atoms with van der Waals surface area (Å²) < 4.78 is 14.3. The summed E-state index contributed by atoms with van der Waals surface area (Å²) in [5.41, 5.74) is 0. The summed E-state index contributed by atoms with van der Waals surface area (Å²) in [6.45, 7) is 15.7. The Hall–Kier alpha value is -1.50. The molecule has 0 aromatic carbocycles. The Morgan fingerprint density at radius 1 is 0.446 bits per heavy atom. The number of carbonyl (C=O) groups excluding carboxylic acids is 2. The van der Waals surface area contributed by atoms with Crippen LogP contribution in [0.1, 0.15) is 234 Å². The van der Waals surface area contributed by atoms with Gasteiger partial charge in [0.15, 0.2) is 0 Å². The Morgan fingerprint density at radius 2 is 0.732 bits per heavy atom. The number of likely N-dealkylation sites (N-methyl/N-ethyl adjacent to an activating group) is 1. The molecular weight excluding hydrogens is 695 g/mol. The molecule has 0 spiro atoms. The first-order valence-electron chi connectivity index (χ1n) is 23.8. The predicted molar refractivity (Wildman–Crippen MR) is 250 cm³/mol. The Bertz CT molecular complexity index is 642. The summed E-state index contributed by atoms with van der Waals surface area (Å²) >= 11 is 0. The average molecular weight is 798 g/mol. The average Bonchev–Trinajstić information content (AvgIpc) is 3.20. The van der Waals surface area contributed by atoms with Crippen molar-refractivity contribution in [2.45, 2.75) is 240 Å². The van der Waals surface area contributed by atoms with E-state index in [9.17, 15) is 4.79 Å². The molecule has 1 unspecified atom stereocenters. The third kappa shape index (κ3) is 77.1. The lowest BCUT2D eigenvalue weighted by molar-refractivity contribution is -0.136. The molecule has 0 rings (SSSR count). The van der Waals surface area contributed by atoms with Gasteiger partial charge in [0.05, 0.1) is 6.61 Å². The molecule has 0 fully saturated rings. The first-order chi connectivity index (χ1) is 27.4. The maximum absolute atomic E-state index is 9.98. The lowest BCUT2D eigenvalue weighted by Gasteiger charge is -2.18. The topological polar surface area (TPSA) is 65.1 Å². The van der Waals surface area contributed by atoms with Gasteiger partial charge >= 0.3 is 0 Å². The molecule has 338 valence electrons. The number of allylic oxidation sites excluding steroid dienone is 4. The van der Waals surface area contributed by atoms with Crippen molar-refractivity contribution in [3.05, 3.63) is 24.3 Å². The van der Waals surface area contributed by atoms with E-state index >= 15 is 0 Å². The Labute approximate surface area is 353 Å². The molecule has 6 nitrogen and oxygen atoms in total. The van der Waals surface area contributed by atoms with Crippen LogP contribution in [0, 0.1) is 0 Å². The number of unbranched alkanes of at least 4 members (excludes halogenated alkanes) is 26. The summed E-state index contributed by atoms with van der Waals surface area (Å²) in [4.78, 5) is 19.9. The van der Waals surface area contributed by atoms with Crippen LogP contribution in [0.25, 0.3) is 0 Å². The van der Waals surface area contributed by atoms with Gasteiger partial charge in [-0.3, -0.25) is 4.79 Å². The number of carbonyl (C=O) groups is 2. The molecule has 0 aliphatic rings. The maximum Gasteiger partial charge on any atom is 0.293 e. The van der Waals surface area contributed by atoms with Gasteiger partial charge in [0, 0.05) is 27.4 Å². The van der Waals surface area contributed by atoms with E-state index in [1.54, 1.807) is 14.2 Å². The molecule has 0 amide bonds. The van der Waals surface area contributed by atoms with Crippen molar-refractivity contribution in [2.75, 3.05) is 48.1 Å². The zero-order valence-corrected chi connectivity index (χ0v) is 39.7. The third-order valence-corrected chi connectivity index (χ3v) is 9.31. The van der Waals surface area contributed by atoms with Crippen molar-refractivity contribution in [3.63, 3.8) is 0 Å². The Balaban J connectivity index is -0.000000220. The molecule has 0 saturated carbocycles. The molecule has 0 aliphatic heterocycles. The van der Waals surface area contributed by atoms with E-state index in [0.29, 0.717) is 19.6 Å². The van der Waals surface area contributed by atoms with Gasteiger partial charge < -0.3 is 23.9 Å². The van der Waals surface area contributed by atoms with Crippen LogP contribution in [0.15, 0.2) is 24.3 Å². The van der Waals surface area contributed by atoms with Crippen LogP contribution < -0.4 is 0 Å². The number of ether oxygens (including phenoxy) is 3. The fraction of sp³-hybridized carbons (Fsp3) is 0.880. The van der Waals surface area contributed by atoms with Crippen LogP contribution in [0.4, 0.5) is 0 Å². The van der Waals surface area contributed by atoms with Gasteiger partial charge in [-0.1, -0.05) is 200 Å². The minimum Gasteiger partial charge on any atom is -0.461 e. The fourth-order valence-corrected chi connectivity index (χ4v) is 6.01. The summed E-state index contributed by atoms with van der Waals surface area (Å²) in [6, 6.07) is 0. The highest BCUT2D eigenvalue weighted by atomic mass is 16.6. The first kappa shape index (κ1) is 63.7. The van der Waals surface area contributed by atoms with Gasteiger partial charge in [-0.25, -0.2) is 0 Å².